The Morgan fingerprint density at radius 1 is 1.11 bits per heavy atom. The molecule has 0 aromatic heterocycles. The highest BCUT2D eigenvalue weighted by molar-refractivity contribution is 5.84. The highest BCUT2D eigenvalue weighted by atomic mass is 16.4. The maximum absolute atomic E-state index is 10.9. The molecule has 1 aromatic rings. The van der Waals surface area contributed by atoms with Crippen LogP contribution in [0.1, 0.15) is 12.0 Å². The van der Waals surface area contributed by atoms with Gasteiger partial charge in [-0.2, -0.15) is 0 Å². The van der Waals surface area contributed by atoms with Gasteiger partial charge in [-0.3, -0.25) is 4.79 Å². The molecule has 0 radical (unpaired) electrons. The minimum atomic E-state index is -2.46. The molecule has 5 N–H and O–H groups in total. The molecular weight excluding hydrogens is 244 g/mol. The van der Waals surface area contributed by atoms with E-state index in [2.05, 4.69) is 0 Å². The van der Waals surface area contributed by atoms with E-state index < -0.39 is 41.9 Å². The molecule has 1 atom stereocenters. The molecule has 98 valence electrons. The van der Waals surface area contributed by atoms with E-state index in [4.69, 9.17) is 15.3 Å². The zero-order chi connectivity index (χ0) is 13.9. The van der Waals surface area contributed by atoms with Gasteiger partial charge in [0.2, 0.25) is 0 Å². The van der Waals surface area contributed by atoms with E-state index in [0.29, 0.717) is 0 Å². The first-order chi connectivity index (χ1) is 8.24. The number of carboxylic acid groups (broad SMARTS) is 2. The number of phenolic OH excluding ortho intramolecular Hbond substituents is 2. The van der Waals surface area contributed by atoms with Crippen molar-refractivity contribution in [2.45, 2.75) is 18.4 Å². The van der Waals surface area contributed by atoms with E-state index in [1.165, 1.54) is 6.07 Å². The molecule has 7 nitrogen and oxygen atoms in total. The molecule has 0 spiro atoms. The first-order valence-electron chi connectivity index (χ1n) is 4.93. The van der Waals surface area contributed by atoms with Crippen LogP contribution >= 0.6 is 0 Å². The van der Waals surface area contributed by atoms with Gasteiger partial charge in [0.05, 0.1) is 6.42 Å². The Kier molecular flexibility index (Phi) is 3.77. The third kappa shape index (κ3) is 3.11. The van der Waals surface area contributed by atoms with Gasteiger partial charge in [-0.25, -0.2) is 4.79 Å². The number of aliphatic hydroxyl groups is 1. The van der Waals surface area contributed by atoms with Crippen LogP contribution < -0.4 is 0 Å². The highest BCUT2D eigenvalue weighted by Crippen LogP contribution is 2.27. The number of carbonyl (C=O) groups is 2. The predicted octanol–water partition coefficient (Wildman–Crippen LogP) is -0.0693. The Morgan fingerprint density at radius 2 is 1.72 bits per heavy atom. The lowest BCUT2D eigenvalue weighted by Crippen LogP contribution is -2.42. The number of hydrogen-bond acceptors (Lipinski definition) is 5. The summed E-state index contributed by atoms with van der Waals surface area (Å²) in [6.07, 6.45) is -1.47. The third-order valence-corrected chi connectivity index (χ3v) is 2.38. The smallest absolute Gasteiger partial charge is 0.336 e. The van der Waals surface area contributed by atoms with Crippen LogP contribution in [0.4, 0.5) is 0 Å². The molecule has 0 bridgehead atoms. The number of rotatable bonds is 5. The maximum Gasteiger partial charge on any atom is 0.336 e. The summed E-state index contributed by atoms with van der Waals surface area (Å²) in [6.45, 7) is 0. The van der Waals surface area contributed by atoms with Crippen LogP contribution in [0.3, 0.4) is 0 Å². The summed E-state index contributed by atoms with van der Waals surface area (Å²) in [4.78, 5) is 21.4. The molecule has 0 fully saturated rings. The number of phenols is 2. The zero-order valence-corrected chi connectivity index (χ0v) is 9.20. The fourth-order valence-electron chi connectivity index (χ4n) is 1.48. The molecule has 0 saturated carbocycles. The number of benzene rings is 1. The van der Waals surface area contributed by atoms with Crippen LogP contribution in [0.25, 0.3) is 0 Å². The lowest BCUT2D eigenvalue weighted by atomic mass is 9.91. The largest absolute Gasteiger partial charge is 0.504 e. The number of aliphatic carboxylic acids is 2. The van der Waals surface area contributed by atoms with Crippen LogP contribution in [-0.4, -0.2) is 43.1 Å². The number of carboxylic acids is 2. The SMILES string of the molecule is O=C(O)CC(O)(Cc1ccc(O)c(O)c1)C(=O)O. The molecule has 7 heteroatoms. The van der Waals surface area contributed by atoms with Gasteiger partial charge in [-0.05, 0) is 17.7 Å². The second-order valence-electron chi connectivity index (χ2n) is 3.91. The molecular formula is C11H12O7. The van der Waals surface area contributed by atoms with E-state index in [1.807, 2.05) is 0 Å². The minimum Gasteiger partial charge on any atom is -0.504 e. The van der Waals surface area contributed by atoms with E-state index >= 15 is 0 Å². The van der Waals surface area contributed by atoms with Gasteiger partial charge >= 0.3 is 11.9 Å². The second-order valence-corrected chi connectivity index (χ2v) is 3.91. The lowest BCUT2D eigenvalue weighted by Gasteiger charge is -2.21. The molecule has 0 saturated heterocycles. The van der Waals surface area contributed by atoms with Crippen LogP contribution in [0, 0.1) is 0 Å². The summed E-state index contributed by atoms with van der Waals surface area (Å²) in [6, 6.07) is 3.46. The monoisotopic (exact) mass is 256 g/mol. The predicted molar refractivity (Wildman–Crippen MR) is 58.3 cm³/mol. The van der Waals surface area contributed by atoms with Gasteiger partial charge < -0.3 is 25.5 Å². The standard InChI is InChI=1S/C11H12O7/c12-7-2-1-6(3-8(7)13)4-11(18,10(16)17)5-9(14)15/h1-3,12-13,18H,4-5H2,(H,14,15)(H,16,17). The Labute approximate surface area is 102 Å². The van der Waals surface area contributed by atoms with E-state index in [9.17, 15) is 19.8 Å². The van der Waals surface area contributed by atoms with Gasteiger partial charge in [-0.15, -0.1) is 0 Å². The Balaban J connectivity index is 3.00. The van der Waals surface area contributed by atoms with Gasteiger partial charge in [-0.1, -0.05) is 6.07 Å². The molecule has 1 rings (SSSR count). The van der Waals surface area contributed by atoms with Crippen LogP contribution in [0.5, 0.6) is 11.5 Å². The van der Waals surface area contributed by atoms with Crippen LogP contribution in [0.2, 0.25) is 0 Å². The Bertz CT molecular complexity index is 482. The minimum absolute atomic E-state index is 0.191. The lowest BCUT2D eigenvalue weighted by molar-refractivity contribution is -0.165. The van der Waals surface area contributed by atoms with E-state index in [1.54, 1.807) is 0 Å². The van der Waals surface area contributed by atoms with Crippen molar-refractivity contribution in [3.05, 3.63) is 23.8 Å². The summed E-state index contributed by atoms with van der Waals surface area (Å²) in [5, 5.41) is 45.4. The maximum atomic E-state index is 10.9. The van der Waals surface area contributed by atoms with Crippen molar-refractivity contribution in [2.75, 3.05) is 0 Å². The quantitative estimate of drug-likeness (QED) is 0.465. The first kappa shape index (κ1) is 13.8. The Hall–Kier alpha value is -2.28. The molecule has 0 aliphatic carbocycles. The topological polar surface area (TPSA) is 135 Å². The van der Waals surface area contributed by atoms with Crippen LogP contribution in [-0.2, 0) is 16.0 Å². The highest BCUT2D eigenvalue weighted by Gasteiger charge is 2.38. The fraction of sp³-hybridized carbons (Fsp3) is 0.273. The Morgan fingerprint density at radius 3 is 2.17 bits per heavy atom. The molecule has 1 aromatic carbocycles. The number of hydrogen-bond donors (Lipinski definition) is 5. The average Bonchev–Trinajstić information content (AvgIpc) is 2.22. The van der Waals surface area contributed by atoms with Crippen molar-refractivity contribution in [3.63, 3.8) is 0 Å². The van der Waals surface area contributed by atoms with E-state index in [0.717, 1.165) is 12.1 Å². The summed E-state index contributed by atoms with van der Waals surface area (Å²) in [5.74, 6) is -3.99. The van der Waals surface area contributed by atoms with Crippen LogP contribution in [0.15, 0.2) is 18.2 Å². The van der Waals surface area contributed by atoms with Crippen molar-refractivity contribution in [2.24, 2.45) is 0 Å². The first-order valence-corrected chi connectivity index (χ1v) is 4.93. The van der Waals surface area contributed by atoms with Gasteiger partial charge in [0.15, 0.2) is 17.1 Å². The van der Waals surface area contributed by atoms with Gasteiger partial charge in [0, 0.05) is 6.42 Å². The summed E-state index contributed by atoms with van der Waals surface area (Å²) in [7, 11) is 0. The second kappa shape index (κ2) is 4.92. The van der Waals surface area contributed by atoms with Crippen molar-refractivity contribution in [3.8, 4) is 11.5 Å². The molecule has 0 aliphatic heterocycles. The summed E-state index contributed by atoms with van der Waals surface area (Å²) >= 11 is 0. The zero-order valence-electron chi connectivity index (χ0n) is 9.20. The number of aromatic hydroxyl groups is 2. The molecule has 0 heterocycles. The summed E-state index contributed by atoms with van der Waals surface area (Å²) < 4.78 is 0. The van der Waals surface area contributed by atoms with Crippen molar-refractivity contribution in [1.82, 2.24) is 0 Å². The molecule has 0 amide bonds. The third-order valence-electron chi connectivity index (χ3n) is 2.38. The summed E-state index contributed by atoms with van der Waals surface area (Å²) in [5.41, 5.74) is -2.27. The van der Waals surface area contributed by atoms with Gasteiger partial charge in [0.1, 0.15) is 0 Å². The van der Waals surface area contributed by atoms with Crippen molar-refractivity contribution < 1.29 is 35.1 Å². The average molecular weight is 256 g/mol. The van der Waals surface area contributed by atoms with Crippen molar-refractivity contribution in [1.29, 1.82) is 0 Å². The fourth-order valence-corrected chi connectivity index (χ4v) is 1.48. The molecule has 0 aliphatic rings. The van der Waals surface area contributed by atoms with Gasteiger partial charge in [0.25, 0.3) is 0 Å². The van der Waals surface area contributed by atoms with E-state index in [-0.39, 0.29) is 5.56 Å². The normalized spacial score (nSPS) is 13.8. The molecule has 18 heavy (non-hydrogen) atoms. The molecule has 1 unspecified atom stereocenters. The van der Waals surface area contributed by atoms with Crippen molar-refractivity contribution >= 4 is 11.9 Å².